The van der Waals surface area contributed by atoms with Crippen molar-refractivity contribution in [2.75, 3.05) is 28.7 Å². The maximum atomic E-state index is 13.4. The first-order valence-corrected chi connectivity index (χ1v) is 15.7. The molecular formula is C25H23N9O9S3. The van der Waals surface area contributed by atoms with Gasteiger partial charge in [0.1, 0.15) is 34.4 Å². The molecule has 0 radical (unpaired) electrons. The molecular weight excluding hydrogens is 667 g/mol. The number of phenols is 2. The summed E-state index contributed by atoms with van der Waals surface area (Å²) in [6, 6.07) is 3.36. The van der Waals surface area contributed by atoms with Crippen LogP contribution in [0, 0.1) is 0 Å². The zero-order chi connectivity index (χ0) is 33.3. The van der Waals surface area contributed by atoms with E-state index >= 15 is 0 Å². The number of hydrogen-bond donors (Lipinski definition) is 8. The van der Waals surface area contributed by atoms with Gasteiger partial charge >= 0.3 is 11.9 Å². The van der Waals surface area contributed by atoms with Crippen LogP contribution in [-0.4, -0.2) is 92.7 Å². The van der Waals surface area contributed by atoms with Crippen molar-refractivity contribution in [1.29, 1.82) is 0 Å². The molecule has 5 rings (SSSR count). The number of fused-ring (bicyclic) bond motifs is 1. The van der Waals surface area contributed by atoms with Gasteiger partial charge in [0.15, 0.2) is 27.5 Å². The van der Waals surface area contributed by atoms with Crippen molar-refractivity contribution in [3.63, 3.8) is 0 Å². The molecule has 1 unspecified atom stereocenters. The van der Waals surface area contributed by atoms with Crippen LogP contribution in [0.2, 0.25) is 0 Å². The van der Waals surface area contributed by atoms with E-state index in [1.807, 2.05) is 0 Å². The highest BCUT2D eigenvalue weighted by atomic mass is 32.2. The van der Waals surface area contributed by atoms with Gasteiger partial charge in [-0.3, -0.25) is 14.5 Å². The van der Waals surface area contributed by atoms with Gasteiger partial charge in [-0.2, -0.15) is 0 Å². The molecule has 2 amide bonds. The predicted octanol–water partition coefficient (Wildman–Crippen LogP) is 0.168. The number of carboxylic acid groups (broad SMARTS) is 2. The first kappa shape index (κ1) is 32.1. The van der Waals surface area contributed by atoms with Crippen molar-refractivity contribution in [3.05, 3.63) is 52.2 Å². The molecule has 4 heterocycles. The third-order valence-corrected chi connectivity index (χ3v) is 9.36. The number of oxime groups is 1. The summed E-state index contributed by atoms with van der Waals surface area (Å²) in [5, 5.41) is 46.1. The molecule has 2 aliphatic heterocycles. The summed E-state index contributed by atoms with van der Waals surface area (Å²) >= 11 is 3.26. The van der Waals surface area contributed by atoms with Crippen LogP contribution in [0.4, 0.5) is 16.8 Å². The number of nitrogens with two attached hydrogens (primary N) is 3. The lowest BCUT2D eigenvalue weighted by atomic mass is 10.0. The number of rotatable bonds is 11. The molecule has 18 nitrogen and oxygen atoms in total. The number of carbonyl (C=O) groups is 4. The number of nitrogens with zero attached hydrogens (tertiary/aromatic N) is 5. The Morgan fingerprint density at radius 2 is 1.83 bits per heavy atom. The number of anilines is 3. The number of thioether (sulfide) groups is 2. The second-order valence-electron chi connectivity index (χ2n) is 9.49. The number of amides is 2. The molecule has 240 valence electrons. The third kappa shape index (κ3) is 6.55. The van der Waals surface area contributed by atoms with E-state index in [1.54, 1.807) is 0 Å². The van der Waals surface area contributed by atoms with E-state index in [4.69, 9.17) is 22.0 Å². The summed E-state index contributed by atoms with van der Waals surface area (Å²) in [7, 11) is 0. The van der Waals surface area contributed by atoms with Gasteiger partial charge in [0.25, 0.3) is 11.8 Å². The number of carboxylic acids is 2. The lowest BCUT2D eigenvalue weighted by molar-refractivity contribution is -0.151. The van der Waals surface area contributed by atoms with Gasteiger partial charge in [-0.1, -0.05) is 23.0 Å². The van der Waals surface area contributed by atoms with Crippen LogP contribution in [0.1, 0.15) is 17.4 Å². The topological polar surface area (TPSA) is 303 Å². The van der Waals surface area contributed by atoms with E-state index in [0.29, 0.717) is 5.57 Å². The third-order valence-electron chi connectivity index (χ3n) is 6.41. The Kier molecular flexibility index (Phi) is 9.07. The Morgan fingerprint density at radius 1 is 1.11 bits per heavy atom. The summed E-state index contributed by atoms with van der Waals surface area (Å²) in [5.74, 6) is -5.10. The molecule has 2 aromatic heterocycles. The zero-order valence-electron chi connectivity index (χ0n) is 23.1. The lowest BCUT2D eigenvalue weighted by Crippen LogP contribution is -2.71. The minimum atomic E-state index is -1.83. The van der Waals surface area contributed by atoms with Gasteiger partial charge in [0, 0.05) is 28.5 Å². The molecule has 1 saturated heterocycles. The van der Waals surface area contributed by atoms with E-state index in [2.05, 4.69) is 25.4 Å². The Hall–Kier alpha value is -5.28. The van der Waals surface area contributed by atoms with E-state index in [9.17, 15) is 39.6 Å². The summed E-state index contributed by atoms with van der Waals surface area (Å²) in [6.45, 7) is 0. The smallest absolute Gasteiger partial charge is 0.352 e. The number of aliphatic carboxylic acids is 2. The fourth-order valence-electron chi connectivity index (χ4n) is 4.34. The van der Waals surface area contributed by atoms with Gasteiger partial charge in [0.05, 0.1) is 0 Å². The van der Waals surface area contributed by atoms with Gasteiger partial charge in [-0.15, -0.1) is 23.1 Å². The van der Waals surface area contributed by atoms with Gasteiger partial charge in [-0.05, 0) is 17.7 Å². The molecule has 0 bridgehead atoms. The Labute approximate surface area is 270 Å². The van der Waals surface area contributed by atoms with Crippen LogP contribution in [0.5, 0.6) is 11.5 Å². The highest BCUT2D eigenvalue weighted by Gasteiger charge is 2.54. The molecule has 11 N–H and O–H groups in total. The number of aromatic nitrogens is 3. The molecule has 46 heavy (non-hydrogen) atoms. The molecule has 3 atom stereocenters. The van der Waals surface area contributed by atoms with Crippen LogP contribution >= 0.6 is 34.9 Å². The van der Waals surface area contributed by atoms with Crippen LogP contribution < -0.4 is 22.5 Å². The standard InChI is InChI=1S/C25H23N9O9S3/c26-13-4-14(27)31-25(30-13)46-6-9-5-44-21-16(20(38)34(21)17(9)22(39)40)32-19(37)15(10-7-45-24(28)29-10)33-43-18(23(41)42)8-1-2-11(35)12(36)3-8/h1-4,7,16,18,21,35-36H,5-6H2,(H2,28,29)(H,32,37)(H,39,40)(H,41,42)(H4,26,27,30,31)/b33-15-/t16?,18-,21+/m0/s1. The average Bonchev–Trinajstić information content (AvgIpc) is 3.42. The first-order valence-electron chi connectivity index (χ1n) is 12.8. The summed E-state index contributed by atoms with van der Waals surface area (Å²) < 4.78 is 0. The summed E-state index contributed by atoms with van der Waals surface area (Å²) in [5.41, 5.74) is 16.6. The monoisotopic (exact) mass is 689 g/mol. The SMILES string of the molecule is Nc1cc(N)nc(SCC2=C(C(=O)O)N3C(=O)C(NC(=O)/C(=N\O[C@H](C(=O)O)c4ccc(O)c(O)c4)c4csc(N)n4)[C@H]3SC2)n1. The predicted molar refractivity (Wildman–Crippen MR) is 166 cm³/mol. The minimum Gasteiger partial charge on any atom is -0.504 e. The number of benzene rings is 1. The number of aromatic hydroxyl groups is 2. The number of nitrogens with one attached hydrogen (secondary N) is 1. The number of thiazole rings is 1. The van der Waals surface area contributed by atoms with Crippen molar-refractivity contribution in [1.82, 2.24) is 25.2 Å². The molecule has 2 aliphatic rings. The molecule has 0 saturated carbocycles. The molecule has 21 heteroatoms. The highest BCUT2D eigenvalue weighted by molar-refractivity contribution is 8.01. The van der Waals surface area contributed by atoms with E-state index in [0.717, 1.165) is 40.1 Å². The van der Waals surface area contributed by atoms with Crippen molar-refractivity contribution < 1.29 is 44.4 Å². The second kappa shape index (κ2) is 13.0. The Bertz CT molecular complexity index is 1800. The fraction of sp³-hybridized carbons (Fsp3) is 0.200. The molecule has 0 aliphatic carbocycles. The zero-order valence-corrected chi connectivity index (χ0v) is 25.5. The largest absolute Gasteiger partial charge is 0.504 e. The summed E-state index contributed by atoms with van der Waals surface area (Å²) in [4.78, 5) is 69.2. The fourth-order valence-corrected chi connectivity index (χ4v) is 7.25. The van der Waals surface area contributed by atoms with E-state index in [1.165, 1.54) is 29.3 Å². The average molecular weight is 690 g/mol. The van der Waals surface area contributed by atoms with Crippen LogP contribution in [0.25, 0.3) is 0 Å². The molecule has 1 fully saturated rings. The van der Waals surface area contributed by atoms with E-state index in [-0.39, 0.29) is 50.4 Å². The lowest BCUT2D eigenvalue weighted by Gasteiger charge is -2.49. The van der Waals surface area contributed by atoms with Crippen LogP contribution in [-0.2, 0) is 24.0 Å². The molecule has 0 spiro atoms. The molecule has 1 aromatic carbocycles. The first-order chi connectivity index (χ1) is 21.8. The number of phenolic OH excluding ortho intramolecular Hbond substituents is 2. The number of β-lactam (4-membered cyclic amide) rings is 1. The van der Waals surface area contributed by atoms with Crippen molar-refractivity contribution >= 4 is 81.1 Å². The maximum absolute atomic E-state index is 13.4. The maximum Gasteiger partial charge on any atom is 0.352 e. The normalized spacial score (nSPS) is 18.4. The number of carbonyl (C=O) groups excluding carboxylic acids is 2. The quantitative estimate of drug-likeness (QED) is 0.0332. The summed E-state index contributed by atoms with van der Waals surface area (Å²) in [6.07, 6.45) is -1.83. The van der Waals surface area contributed by atoms with Crippen molar-refractivity contribution in [3.8, 4) is 11.5 Å². The Balaban J connectivity index is 1.35. The van der Waals surface area contributed by atoms with Gasteiger partial charge < -0.3 is 47.8 Å². The second-order valence-corrected chi connectivity index (χ2v) is 12.4. The van der Waals surface area contributed by atoms with Crippen molar-refractivity contribution in [2.24, 2.45) is 5.16 Å². The minimum absolute atomic E-state index is 0.0513. The van der Waals surface area contributed by atoms with Crippen molar-refractivity contribution in [2.45, 2.75) is 22.7 Å². The highest BCUT2D eigenvalue weighted by Crippen LogP contribution is 2.41. The van der Waals surface area contributed by atoms with Gasteiger partial charge in [-0.25, -0.2) is 24.5 Å². The van der Waals surface area contributed by atoms with Crippen LogP contribution in [0.15, 0.2) is 51.2 Å². The van der Waals surface area contributed by atoms with Gasteiger partial charge in [0.2, 0.25) is 6.10 Å². The number of hydrogen-bond acceptors (Lipinski definition) is 17. The molecule has 3 aromatic rings. The Morgan fingerprint density at radius 3 is 2.43 bits per heavy atom. The van der Waals surface area contributed by atoms with Crippen LogP contribution in [0.3, 0.4) is 0 Å². The number of nitrogen functional groups attached to an aromatic ring is 3. The van der Waals surface area contributed by atoms with E-state index < -0.39 is 58.5 Å².